The summed E-state index contributed by atoms with van der Waals surface area (Å²) in [5.74, 6) is -0.0639. The van der Waals surface area contributed by atoms with Gasteiger partial charge in [0.2, 0.25) is 0 Å². The first-order chi connectivity index (χ1) is 13.6. The summed E-state index contributed by atoms with van der Waals surface area (Å²) in [5.41, 5.74) is 3.15. The van der Waals surface area contributed by atoms with E-state index >= 15 is 0 Å². The van der Waals surface area contributed by atoms with Crippen molar-refractivity contribution < 1.29 is 9.59 Å². The Morgan fingerprint density at radius 1 is 0.893 bits per heavy atom. The summed E-state index contributed by atoms with van der Waals surface area (Å²) in [6.45, 7) is 0.389. The van der Waals surface area contributed by atoms with E-state index in [1.807, 2.05) is 66.7 Å². The molecule has 28 heavy (non-hydrogen) atoms. The molecule has 2 heterocycles. The third-order valence-electron chi connectivity index (χ3n) is 5.54. The van der Waals surface area contributed by atoms with E-state index in [0.29, 0.717) is 12.1 Å². The van der Waals surface area contributed by atoms with Crippen LogP contribution >= 0.6 is 0 Å². The van der Waals surface area contributed by atoms with Crippen molar-refractivity contribution in [2.45, 2.75) is 6.04 Å². The van der Waals surface area contributed by atoms with E-state index in [2.05, 4.69) is 11.4 Å². The third-order valence-corrected chi connectivity index (χ3v) is 5.54. The summed E-state index contributed by atoms with van der Waals surface area (Å²) in [4.78, 5) is 29.2. The highest BCUT2D eigenvalue weighted by Crippen LogP contribution is 2.38. The van der Waals surface area contributed by atoms with Gasteiger partial charge in [-0.3, -0.25) is 9.69 Å². The van der Waals surface area contributed by atoms with Gasteiger partial charge in [0.15, 0.2) is 0 Å². The molecule has 3 aromatic carbocycles. The molecule has 5 heteroatoms. The quantitative estimate of drug-likeness (QED) is 0.746. The molecule has 2 aliphatic rings. The molecule has 0 spiro atoms. The lowest BCUT2D eigenvalue weighted by atomic mass is 9.96. The maximum atomic E-state index is 13.4. The van der Waals surface area contributed by atoms with Crippen molar-refractivity contribution in [2.24, 2.45) is 0 Å². The Balaban J connectivity index is 1.57. The van der Waals surface area contributed by atoms with Gasteiger partial charge in [-0.15, -0.1) is 0 Å². The van der Waals surface area contributed by atoms with Crippen LogP contribution < -0.4 is 10.2 Å². The first-order valence-electron chi connectivity index (χ1n) is 9.26. The molecule has 5 rings (SSSR count). The molecule has 0 saturated heterocycles. The van der Waals surface area contributed by atoms with Gasteiger partial charge in [0.1, 0.15) is 0 Å². The monoisotopic (exact) mass is 369 g/mol. The van der Waals surface area contributed by atoms with Crippen molar-refractivity contribution in [3.63, 3.8) is 0 Å². The molecule has 0 bridgehead atoms. The van der Waals surface area contributed by atoms with Crippen molar-refractivity contribution in [2.75, 3.05) is 18.5 Å². The average molecular weight is 369 g/mol. The largest absolute Gasteiger partial charge is 0.327 e. The van der Waals surface area contributed by atoms with E-state index in [1.54, 1.807) is 16.8 Å². The predicted molar refractivity (Wildman–Crippen MR) is 109 cm³/mol. The number of benzene rings is 3. The highest BCUT2D eigenvalue weighted by atomic mass is 16.2. The lowest BCUT2D eigenvalue weighted by Crippen LogP contribution is -2.45. The molecule has 1 atom stereocenters. The number of rotatable bonds is 2. The van der Waals surface area contributed by atoms with E-state index in [-0.39, 0.29) is 11.9 Å². The zero-order valence-electron chi connectivity index (χ0n) is 15.4. The first kappa shape index (κ1) is 16.6. The molecule has 3 amide bonds. The van der Waals surface area contributed by atoms with Gasteiger partial charge >= 0.3 is 6.03 Å². The molecule has 0 unspecified atom stereocenters. The van der Waals surface area contributed by atoms with Crippen LogP contribution in [0.3, 0.4) is 0 Å². The van der Waals surface area contributed by atoms with Crippen LogP contribution in [-0.4, -0.2) is 30.4 Å². The second kappa shape index (κ2) is 6.23. The average Bonchev–Trinajstić information content (AvgIpc) is 3.08. The fourth-order valence-corrected chi connectivity index (χ4v) is 4.02. The number of carbonyl (C=O) groups is 2. The number of hydrogen-bond acceptors (Lipinski definition) is 2. The summed E-state index contributed by atoms with van der Waals surface area (Å²) in [7, 11) is 1.71. The van der Waals surface area contributed by atoms with Gasteiger partial charge in [-0.2, -0.15) is 0 Å². The van der Waals surface area contributed by atoms with Crippen molar-refractivity contribution in [3.8, 4) is 0 Å². The number of carbonyl (C=O) groups excluding carboxylic acids is 2. The fraction of sp³-hybridized carbons (Fsp3) is 0.130. The number of urea groups is 1. The van der Waals surface area contributed by atoms with Crippen LogP contribution in [0.25, 0.3) is 10.8 Å². The van der Waals surface area contributed by atoms with Crippen molar-refractivity contribution in [1.82, 2.24) is 10.2 Å². The lowest BCUT2D eigenvalue weighted by Gasteiger charge is -2.31. The van der Waals surface area contributed by atoms with Crippen LogP contribution in [-0.2, 0) is 4.79 Å². The topological polar surface area (TPSA) is 52.7 Å². The maximum absolute atomic E-state index is 13.4. The number of fused-ring (bicyclic) bond motifs is 1. The zero-order chi connectivity index (χ0) is 19.3. The van der Waals surface area contributed by atoms with Crippen LogP contribution in [0.15, 0.2) is 84.1 Å². The Morgan fingerprint density at radius 3 is 2.39 bits per heavy atom. The second-order valence-electron chi connectivity index (χ2n) is 7.14. The molecular weight excluding hydrogens is 350 g/mol. The molecule has 138 valence electrons. The zero-order valence-corrected chi connectivity index (χ0v) is 15.4. The Hall–Kier alpha value is -3.60. The molecule has 0 aromatic heterocycles. The highest BCUT2D eigenvalue weighted by molar-refractivity contribution is 6.12. The van der Waals surface area contributed by atoms with Crippen molar-refractivity contribution in [1.29, 1.82) is 0 Å². The van der Waals surface area contributed by atoms with Gasteiger partial charge in [0.25, 0.3) is 5.91 Å². The number of amides is 3. The molecule has 3 aromatic rings. The Labute approximate surface area is 162 Å². The summed E-state index contributed by atoms with van der Waals surface area (Å²) >= 11 is 0. The smallest absolute Gasteiger partial charge is 0.322 e. The van der Waals surface area contributed by atoms with E-state index in [0.717, 1.165) is 27.7 Å². The normalized spacial score (nSPS) is 19.2. The minimum absolute atomic E-state index is 0.0639. The summed E-state index contributed by atoms with van der Waals surface area (Å²) in [6, 6.07) is 23.1. The molecule has 0 saturated carbocycles. The number of nitrogens with one attached hydrogen (secondary N) is 1. The summed E-state index contributed by atoms with van der Waals surface area (Å²) in [5, 5.41) is 5.18. The molecule has 5 nitrogen and oxygen atoms in total. The van der Waals surface area contributed by atoms with Gasteiger partial charge in [-0.05, 0) is 28.5 Å². The summed E-state index contributed by atoms with van der Waals surface area (Å²) in [6.07, 6.45) is 0. The molecule has 0 aliphatic carbocycles. The van der Waals surface area contributed by atoms with Crippen LogP contribution in [0.1, 0.15) is 11.6 Å². The lowest BCUT2D eigenvalue weighted by molar-refractivity contribution is -0.114. The number of likely N-dealkylation sites (N-methyl/N-ethyl adjacent to an activating group) is 1. The predicted octanol–water partition coefficient (Wildman–Crippen LogP) is 3.84. The molecule has 2 aliphatic heterocycles. The minimum atomic E-state index is -0.433. The third kappa shape index (κ3) is 2.47. The van der Waals surface area contributed by atoms with Gasteiger partial charge < -0.3 is 10.2 Å². The van der Waals surface area contributed by atoms with Gasteiger partial charge in [0, 0.05) is 12.7 Å². The molecule has 1 N–H and O–H groups in total. The van der Waals surface area contributed by atoms with Crippen molar-refractivity contribution >= 4 is 28.4 Å². The maximum Gasteiger partial charge on any atom is 0.322 e. The molecule has 0 radical (unpaired) electrons. The van der Waals surface area contributed by atoms with Crippen LogP contribution in [0.5, 0.6) is 0 Å². The van der Waals surface area contributed by atoms with Crippen molar-refractivity contribution in [3.05, 3.63) is 89.6 Å². The van der Waals surface area contributed by atoms with Crippen LogP contribution in [0.4, 0.5) is 10.5 Å². The molecule has 0 fully saturated rings. The van der Waals surface area contributed by atoms with E-state index < -0.39 is 6.04 Å². The SMILES string of the molecule is CN1C(=O)N[C@H](c2ccccc2)C2=C1CN(c1ccc3ccccc3c1)C2=O. The Bertz CT molecular complexity index is 1140. The fourth-order valence-electron chi connectivity index (χ4n) is 4.02. The Kier molecular flexibility index (Phi) is 3.69. The standard InChI is InChI=1S/C23H19N3O2/c1-25-19-14-26(18-12-11-15-7-5-6-10-17(15)13-18)22(27)20(19)21(24-23(25)28)16-8-3-2-4-9-16/h2-13,21H,14H2,1H3,(H,24,28)/t21-/m1/s1. The van der Waals surface area contributed by atoms with E-state index in [1.165, 1.54) is 0 Å². The highest BCUT2D eigenvalue weighted by Gasteiger charge is 2.43. The number of hydrogen-bond donors (Lipinski definition) is 1. The van der Waals surface area contributed by atoms with Crippen LogP contribution in [0.2, 0.25) is 0 Å². The molecular formula is C23H19N3O2. The second-order valence-corrected chi connectivity index (χ2v) is 7.14. The number of anilines is 1. The van der Waals surface area contributed by atoms with Crippen LogP contribution in [0, 0.1) is 0 Å². The van der Waals surface area contributed by atoms with Gasteiger partial charge in [-0.25, -0.2) is 4.79 Å². The van der Waals surface area contributed by atoms with Gasteiger partial charge in [0.05, 0.1) is 23.9 Å². The summed E-state index contributed by atoms with van der Waals surface area (Å²) < 4.78 is 0. The van der Waals surface area contributed by atoms with E-state index in [9.17, 15) is 9.59 Å². The van der Waals surface area contributed by atoms with E-state index in [4.69, 9.17) is 0 Å². The first-order valence-corrected chi connectivity index (χ1v) is 9.26. The number of nitrogens with zero attached hydrogens (tertiary/aromatic N) is 2. The van der Waals surface area contributed by atoms with Gasteiger partial charge in [-0.1, -0.05) is 60.7 Å². The Morgan fingerprint density at radius 2 is 1.61 bits per heavy atom. The minimum Gasteiger partial charge on any atom is -0.327 e.